The lowest BCUT2D eigenvalue weighted by Crippen LogP contribution is -2.56. The SMILES string of the molecule is CCCC1(CCC)CN(c2cc(Br)ccc2C#N)C1. The van der Waals surface area contributed by atoms with Crippen LogP contribution in [0.2, 0.25) is 0 Å². The molecule has 1 saturated heterocycles. The normalized spacial score (nSPS) is 16.8. The smallest absolute Gasteiger partial charge is 0.101 e. The van der Waals surface area contributed by atoms with Crippen LogP contribution in [0.5, 0.6) is 0 Å². The molecule has 102 valence electrons. The van der Waals surface area contributed by atoms with E-state index in [2.05, 4.69) is 46.8 Å². The van der Waals surface area contributed by atoms with Gasteiger partial charge in [-0.05, 0) is 31.0 Å². The number of hydrogen-bond donors (Lipinski definition) is 0. The van der Waals surface area contributed by atoms with Crippen LogP contribution < -0.4 is 4.90 Å². The lowest BCUT2D eigenvalue weighted by atomic mass is 9.72. The number of nitriles is 1. The molecule has 19 heavy (non-hydrogen) atoms. The van der Waals surface area contributed by atoms with Gasteiger partial charge in [0.1, 0.15) is 6.07 Å². The zero-order chi connectivity index (χ0) is 13.9. The standard InChI is InChI=1S/C16H21BrN2/c1-3-7-16(8-4-2)11-19(12-16)15-9-14(17)6-5-13(15)10-18/h5-6,9H,3-4,7-8,11-12H2,1-2H3. The first-order chi connectivity index (χ1) is 9.14. The second kappa shape index (κ2) is 5.96. The lowest BCUT2D eigenvalue weighted by molar-refractivity contribution is 0.173. The number of halogens is 1. The van der Waals surface area contributed by atoms with E-state index in [1.54, 1.807) is 0 Å². The molecule has 1 aliphatic heterocycles. The number of anilines is 1. The monoisotopic (exact) mass is 320 g/mol. The molecule has 2 rings (SSSR count). The largest absolute Gasteiger partial charge is 0.369 e. The van der Waals surface area contributed by atoms with Crippen molar-refractivity contribution in [2.45, 2.75) is 39.5 Å². The highest BCUT2D eigenvalue weighted by molar-refractivity contribution is 9.10. The summed E-state index contributed by atoms with van der Waals surface area (Å²) >= 11 is 3.50. The summed E-state index contributed by atoms with van der Waals surface area (Å²) in [6.07, 6.45) is 5.09. The van der Waals surface area contributed by atoms with Gasteiger partial charge in [0.05, 0.1) is 11.3 Å². The third-order valence-electron chi connectivity index (χ3n) is 4.03. The molecule has 0 saturated carbocycles. The molecule has 0 aromatic heterocycles. The van der Waals surface area contributed by atoms with Gasteiger partial charge in [0.2, 0.25) is 0 Å². The van der Waals surface area contributed by atoms with E-state index < -0.39 is 0 Å². The predicted octanol–water partition coefficient (Wildman–Crippen LogP) is 4.73. The van der Waals surface area contributed by atoms with Crippen molar-refractivity contribution in [3.05, 3.63) is 28.2 Å². The first-order valence-corrected chi connectivity index (χ1v) is 7.88. The van der Waals surface area contributed by atoms with Crippen molar-refractivity contribution in [1.82, 2.24) is 0 Å². The Labute approximate surface area is 124 Å². The van der Waals surface area contributed by atoms with E-state index in [4.69, 9.17) is 0 Å². The summed E-state index contributed by atoms with van der Waals surface area (Å²) in [5, 5.41) is 9.22. The molecule has 0 atom stereocenters. The highest BCUT2D eigenvalue weighted by atomic mass is 79.9. The van der Waals surface area contributed by atoms with Crippen LogP contribution in [0.1, 0.15) is 45.1 Å². The van der Waals surface area contributed by atoms with Gasteiger partial charge in [0.15, 0.2) is 0 Å². The van der Waals surface area contributed by atoms with E-state index >= 15 is 0 Å². The van der Waals surface area contributed by atoms with Crippen molar-refractivity contribution >= 4 is 21.6 Å². The minimum atomic E-state index is 0.485. The van der Waals surface area contributed by atoms with Crippen molar-refractivity contribution in [2.24, 2.45) is 5.41 Å². The maximum absolute atomic E-state index is 9.22. The molecule has 2 nitrogen and oxygen atoms in total. The minimum absolute atomic E-state index is 0.485. The number of benzene rings is 1. The molecule has 1 fully saturated rings. The van der Waals surface area contributed by atoms with Gasteiger partial charge >= 0.3 is 0 Å². The summed E-state index contributed by atoms with van der Waals surface area (Å²) in [5.74, 6) is 0. The molecule has 0 radical (unpaired) electrons. The summed E-state index contributed by atoms with van der Waals surface area (Å²) in [6.45, 7) is 6.72. The fraction of sp³-hybridized carbons (Fsp3) is 0.562. The van der Waals surface area contributed by atoms with Gasteiger partial charge < -0.3 is 4.90 Å². The Hall–Kier alpha value is -1.01. The van der Waals surface area contributed by atoms with Crippen LogP contribution in [0.25, 0.3) is 0 Å². The zero-order valence-corrected chi connectivity index (χ0v) is 13.3. The number of hydrogen-bond acceptors (Lipinski definition) is 2. The second-order valence-corrected chi connectivity index (χ2v) is 6.55. The van der Waals surface area contributed by atoms with Crippen LogP contribution in [0.4, 0.5) is 5.69 Å². The summed E-state index contributed by atoms with van der Waals surface area (Å²) in [6, 6.07) is 8.21. The van der Waals surface area contributed by atoms with E-state index in [0.717, 1.165) is 28.8 Å². The third kappa shape index (κ3) is 2.95. The molecule has 1 aromatic carbocycles. The second-order valence-electron chi connectivity index (χ2n) is 5.63. The van der Waals surface area contributed by atoms with E-state index in [1.807, 2.05) is 12.1 Å². The van der Waals surface area contributed by atoms with Crippen LogP contribution in [-0.4, -0.2) is 13.1 Å². The Morgan fingerprint density at radius 3 is 2.42 bits per heavy atom. The van der Waals surface area contributed by atoms with Gasteiger partial charge in [0, 0.05) is 23.0 Å². The fourth-order valence-corrected chi connectivity index (χ4v) is 3.65. The van der Waals surface area contributed by atoms with E-state index in [-0.39, 0.29) is 0 Å². The summed E-state index contributed by atoms with van der Waals surface area (Å²) in [7, 11) is 0. The maximum atomic E-state index is 9.22. The third-order valence-corrected chi connectivity index (χ3v) is 4.53. The highest BCUT2D eigenvalue weighted by Crippen LogP contribution is 2.43. The minimum Gasteiger partial charge on any atom is -0.369 e. The van der Waals surface area contributed by atoms with Crippen LogP contribution in [0, 0.1) is 16.7 Å². The summed E-state index contributed by atoms with van der Waals surface area (Å²) in [4.78, 5) is 2.36. The lowest BCUT2D eigenvalue weighted by Gasteiger charge is -2.52. The molecule has 0 spiro atoms. The quantitative estimate of drug-likeness (QED) is 0.784. The van der Waals surface area contributed by atoms with Gasteiger partial charge in [-0.25, -0.2) is 0 Å². The molecule has 0 unspecified atom stereocenters. The zero-order valence-electron chi connectivity index (χ0n) is 11.7. The molecule has 3 heteroatoms. The Bertz CT molecular complexity index is 476. The maximum Gasteiger partial charge on any atom is 0.101 e. The van der Waals surface area contributed by atoms with E-state index in [1.165, 1.54) is 25.7 Å². The van der Waals surface area contributed by atoms with Crippen molar-refractivity contribution in [1.29, 1.82) is 5.26 Å². The van der Waals surface area contributed by atoms with Crippen molar-refractivity contribution < 1.29 is 0 Å². The summed E-state index contributed by atoms with van der Waals surface area (Å²) < 4.78 is 1.05. The van der Waals surface area contributed by atoms with E-state index in [0.29, 0.717) is 5.41 Å². The Morgan fingerprint density at radius 1 is 1.26 bits per heavy atom. The van der Waals surface area contributed by atoms with Gasteiger partial charge in [-0.3, -0.25) is 0 Å². The topological polar surface area (TPSA) is 27.0 Å². The van der Waals surface area contributed by atoms with E-state index in [9.17, 15) is 5.26 Å². The Balaban J connectivity index is 2.15. The molecule has 1 heterocycles. The molecule has 0 N–H and O–H groups in total. The molecule has 0 bridgehead atoms. The predicted molar refractivity (Wildman–Crippen MR) is 83.3 cm³/mol. The number of rotatable bonds is 5. The molecule has 1 aromatic rings. The summed E-state index contributed by atoms with van der Waals surface area (Å²) in [5.41, 5.74) is 2.35. The molecular formula is C16H21BrN2. The molecular weight excluding hydrogens is 300 g/mol. The Morgan fingerprint density at radius 2 is 1.89 bits per heavy atom. The van der Waals surface area contributed by atoms with Crippen LogP contribution in [0.15, 0.2) is 22.7 Å². The molecule has 0 aliphatic carbocycles. The van der Waals surface area contributed by atoms with Gasteiger partial charge in [-0.1, -0.05) is 42.6 Å². The Kier molecular flexibility index (Phi) is 4.52. The van der Waals surface area contributed by atoms with Gasteiger partial charge in [-0.2, -0.15) is 5.26 Å². The fourth-order valence-electron chi connectivity index (χ4n) is 3.30. The molecule has 0 amide bonds. The molecule has 1 aliphatic rings. The first-order valence-electron chi connectivity index (χ1n) is 7.09. The van der Waals surface area contributed by atoms with Crippen LogP contribution in [-0.2, 0) is 0 Å². The van der Waals surface area contributed by atoms with Crippen molar-refractivity contribution in [2.75, 3.05) is 18.0 Å². The first kappa shape index (κ1) is 14.4. The van der Waals surface area contributed by atoms with Crippen LogP contribution >= 0.6 is 15.9 Å². The highest BCUT2D eigenvalue weighted by Gasteiger charge is 2.41. The van der Waals surface area contributed by atoms with Crippen molar-refractivity contribution in [3.63, 3.8) is 0 Å². The average molecular weight is 321 g/mol. The van der Waals surface area contributed by atoms with Crippen LogP contribution in [0.3, 0.4) is 0 Å². The number of nitrogens with zero attached hydrogens (tertiary/aromatic N) is 2. The van der Waals surface area contributed by atoms with Crippen molar-refractivity contribution in [3.8, 4) is 6.07 Å². The van der Waals surface area contributed by atoms with Gasteiger partial charge in [-0.15, -0.1) is 0 Å². The average Bonchev–Trinajstić information content (AvgIpc) is 2.35. The van der Waals surface area contributed by atoms with Gasteiger partial charge in [0.25, 0.3) is 0 Å².